The number of esters is 5. The van der Waals surface area contributed by atoms with E-state index in [1.807, 2.05) is 0 Å². The predicted molar refractivity (Wildman–Crippen MR) is 524 cm³/mol. The smallest absolute Gasteiger partial charge is 0.307 e. The molecule has 0 aliphatic carbocycles. The van der Waals surface area contributed by atoms with E-state index in [2.05, 4.69) is 62.0 Å². The standard InChI is InChI=1S/2C53H102N2O9/c1-6-9-12-15-18-19-20-26-34-44-62-48(57)37-31-27-33-42-55(43-45-63-49(58)39-40-54-52(61)51(60)53(4,5)46-56)41-32-25-21-24-30-38-50(59)64-47(35-28-22-16-13-10-7-2)36-29-23-17-14-11-8-3;1-6-9-12-15-18-19-20-25-33-43-63-48(57)37-30-26-32-41-55(42-44-64-49(58)38-39-54-51(60)50(59)53(4,5)45-56)40-31-24-23-29-36-47(52(61)62)46(34-27-21-16-13-10-7-2)35-28-22-17-14-11-8-3/h47,51,56,60H,6-46H2,1-5H3,(H,54,61);46-47,50,56,59H,6-45H2,1-5H3,(H,54,60)(H,61,62)/t51-;47-,50?/m01/s1. The molecule has 22 heteroatoms. The molecule has 0 aliphatic rings. The van der Waals surface area contributed by atoms with Gasteiger partial charge in [-0.15, -0.1) is 0 Å². The normalized spacial score (nSPS) is 12.5. The summed E-state index contributed by atoms with van der Waals surface area (Å²) < 4.78 is 28.1. The fourth-order valence-corrected chi connectivity index (χ4v) is 16.4. The molecule has 0 bridgehead atoms. The van der Waals surface area contributed by atoms with Crippen LogP contribution in [0.25, 0.3) is 0 Å². The molecular weight excluding hydrogens is 1620 g/mol. The highest BCUT2D eigenvalue weighted by Crippen LogP contribution is 2.31. The first-order chi connectivity index (χ1) is 61.9. The minimum atomic E-state index is -1.39. The van der Waals surface area contributed by atoms with Crippen molar-refractivity contribution in [1.29, 1.82) is 0 Å². The van der Waals surface area contributed by atoms with Gasteiger partial charge < -0.3 is 59.9 Å². The van der Waals surface area contributed by atoms with Gasteiger partial charge in [-0.25, -0.2) is 0 Å². The highest BCUT2D eigenvalue weighted by atomic mass is 16.6. The van der Waals surface area contributed by atoms with E-state index in [9.17, 15) is 63.9 Å². The Balaban J connectivity index is 0. The Bertz CT molecular complexity index is 2530. The van der Waals surface area contributed by atoms with Crippen LogP contribution in [0.3, 0.4) is 0 Å². The van der Waals surface area contributed by atoms with E-state index in [1.54, 1.807) is 27.7 Å². The zero-order valence-electron chi connectivity index (χ0n) is 84.6. The molecule has 2 amide bonds. The molecule has 1 unspecified atom stereocenters. The van der Waals surface area contributed by atoms with Crippen molar-refractivity contribution in [3.63, 3.8) is 0 Å². The maximum Gasteiger partial charge on any atom is 0.307 e. The molecule has 0 aromatic rings. The summed E-state index contributed by atoms with van der Waals surface area (Å²) in [5.41, 5.74) is -1.98. The van der Waals surface area contributed by atoms with E-state index in [4.69, 9.17) is 23.7 Å². The van der Waals surface area contributed by atoms with Crippen molar-refractivity contribution >= 4 is 47.6 Å². The zero-order valence-corrected chi connectivity index (χ0v) is 84.6. The number of nitrogens with zero attached hydrogens (tertiary/aromatic N) is 2. The molecule has 756 valence electrons. The number of amides is 2. The van der Waals surface area contributed by atoms with Crippen LogP contribution in [0, 0.1) is 22.7 Å². The molecule has 0 aromatic carbocycles. The second kappa shape index (κ2) is 91.6. The highest BCUT2D eigenvalue weighted by molar-refractivity contribution is 5.82. The SMILES string of the molecule is CCCCCCCCCCCOC(=O)CCCCCN(CCCCCCCC(=O)OC(CCCCCCCC)CCCCCCCC)CCOC(=O)CCNC(=O)[C@H](O)C(C)(C)CO.CCCCCCCCCCCOC(=O)CCCCCN(CCCCCC[C@@H](C(=O)O)C(CCCCCCCC)CCCCCCCC)CCOC(=O)CCNC(=O)C(O)C(C)(C)CO. The van der Waals surface area contributed by atoms with E-state index in [0.29, 0.717) is 45.6 Å². The number of aliphatic carboxylic acids is 1. The largest absolute Gasteiger partial charge is 0.481 e. The number of carbonyl (C=O) groups excluding carboxylic acids is 7. The Kier molecular flexibility index (Phi) is 89.9. The first-order valence-electron chi connectivity index (χ1n) is 53.6. The maximum absolute atomic E-state index is 12.9. The molecule has 0 saturated heterocycles. The number of unbranched alkanes of at least 4 members (excludes halogenated alkanes) is 47. The zero-order chi connectivity index (χ0) is 94.9. The number of carbonyl (C=O) groups is 8. The third-order valence-electron chi connectivity index (χ3n) is 25.5. The number of aliphatic hydroxyl groups is 4. The first kappa shape index (κ1) is 126. The molecular formula is C106H204N4O18. The molecule has 0 aromatic heterocycles. The summed E-state index contributed by atoms with van der Waals surface area (Å²) in [6.07, 6.45) is 69.3. The third-order valence-corrected chi connectivity index (χ3v) is 25.5. The van der Waals surface area contributed by atoms with E-state index >= 15 is 0 Å². The van der Waals surface area contributed by atoms with Crippen LogP contribution in [-0.2, 0) is 62.0 Å². The molecule has 0 rings (SSSR count). The summed E-state index contributed by atoms with van der Waals surface area (Å²) >= 11 is 0. The fourth-order valence-electron chi connectivity index (χ4n) is 16.4. The molecule has 7 N–H and O–H groups in total. The fraction of sp³-hybridized carbons (Fsp3) is 0.925. The number of hydrogen-bond donors (Lipinski definition) is 7. The second-order valence-corrected chi connectivity index (χ2v) is 38.8. The molecule has 128 heavy (non-hydrogen) atoms. The quantitative estimate of drug-likeness (QED) is 0.0169. The van der Waals surface area contributed by atoms with E-state index in [0.717, 1.165) is 206 Å². The molecule has 0 saturated carbocycles. The van der Waals surface area contributed by atoms with Crippen molar-refractivity contribution in [1.82, 2.24) is 20.4 Å². The Labute approximate surface area is 784 Å². The van der Waals surface area contributed by atoms with Gasteiger partial charge >= 0.3 is 35.8 Å². The van der Waals surface area contributed by atoms with E-state index < -0.39 is 52.8 Å². The van der Waals surface area contributed by atoms with Gasteiger partial charge in [-0.3, -0.25) is 48.2 Å². The lowest BCUT2D eigenvalue weighted by atomic mass is 9.80. The van der Waals surface area contributed by atoms with Crippen LogP contribution in [0.1, 0.15) is 499 Å². The Morgan fingerprint density at radius 1 is 0.281 bits per heavy atom. The molecule has 3 atom stereocenters. The minimum absolute atomic E-state index is 0.0142. The second-order valence-electron chi connectivity index (χ2n) is 38.8. The third kappa shape index (κ3) is 80.0. The summed E-state index contributed by atoms with van der Waals surface area (Å²) in [7, 11) is 0. The van der Waals surface area contributed by atoms with Gasteiger partial charge in [-0.1, -0.05) is 365 Å². The summed E-state index contributed by atoms with van der Waals surface area (Å²) in [6, 6.07) is 0. The van der Waals surface area contributed by atoms with Gasteiger partial charge in [-0.2, -0.15) is 0 Å². The van der Waals surface area contributed by atoms with Gasteiger partial charge in [0.15, 0.2) is 0 Å². The molecule has 22 nitrogen and oxygen atoms in total. The first-order valence-corrected chi connectivity index (χ1v) is 53.6. The van der Waals surface area contributed by atoms with Crippen LogP contribution in [0.15, 0.2) is 0 Å². The van der Waals surface area contributed by atoms with Gasteiger partial charge in [0.25, 0.3) is 0 Å². The number of aliphatic hydroxyl groups excluding tert-OH is 4. The summed E-state index contributed by atoms with van der Waals surface area (Å²) in [5, 5.41) is 54.7. The van der Waals surface area contributed by atoms with Crippen molar-refractivity contribution in [2.24, 2.45) is 22.7 Å². The Morgan fingerprint density at radius 3 is 0.828 bits per heavy atom. The van der Waals surface area contributed by atoms with Crippen LogP contribution in [0.2, 0.25) is 0 Å². The van der Waals surface area contributed by atoms with Gasteiger partial charge in [0, 0.05) is 56.3 Å². The number of rotatable bonds is 96. The topological polar surface area (TPSA) is 314 Å². The Morgan fingerprint density at radius 2 is 0.523 bits per heavy atom. The van der Waals surface area contributed by atoms with Gasteiger partial charge in [0.05, 0.1) is 45.2 Å². The lowest BCUT2D eigenvalue weighted by molar-refractivity contribution is -0.150. The highest BCUT2D eigenvalue weighted by Gasteiger charge is 2.34. The van der Waals surface area contributed by atoms with Crippen molar-refractivity contribution in [3.8, 4) is 0 Å². The lowest BCUT2D eigenvalue weighted by Crippen LogP contribution is -2.46. The molecule has 0 aliphatic heterocycles. The van der Waals surface area contributed by atoms with Crippen LogP contribution < -0.4 is 10.6 Å². The predicted octanol–water partition coefficient (Wildman–Crippen LogP) is 24.2. The van der Waals surface area contributed by atoms with Crippen molar-refractivity contribution in [3.05, 3.63) is 0 Å². The van der Waals surface area contributed by atoms with Gasteiger partial charge in [-0.05, 0) is 135 Å². The average Bonchev–Trinajstić information content (AvgIpc) is 0.858. The van der Waals surface area contributed by atoms with Crippen molar-refractivity contribution < 1.29 is 87.6 Å². The summed E-state index contributed by atoms with van der Waals surface area (Å²) in [5.74, 6) is -3.02. The van der Waals surface area contributed by atoms with Gasteiger partial charge in [0.1, 0.15) is 31.5 Å². The number of hydrogen-bond acceptors (Lipinski definition) is 19. The van der Waals surface area contributed by atoms with E-state index in [-0.39, 0.29) is 88.2 Å². The molecule has 0 radical (unpaired) electrons. The molecule has 0 fully saturated rings. The number of nitrogens with one attached hydrogen (secondary N) is 2. The van der Waals surface area contributed by atoms with Gasteiger partial charge in [0.2, 0.25) is 11.8 Å². The lowest BCUT2D eigenvalue weighted by Gasteiger charge is -2.27. The minimum Gasteiger partial charge on any atom is -0.481 e. The molecule has 0 heterocycles. The molecule has 0 spiro atoms. The number of ether oxygens (including phenoxy) is 5. The van der Waals surface area contributed by atoms with Crippen LogP contribution in [0.5, 0.6) is 0 Å². The summed E-state index contributed by atoms with van der Waals surface area (Å²) in [4.78, 5) is 104. The van der Waals surface area contributed by atoms with Crippen molar-refractivity contribution in [2.45, 2.75) is 518 Å². The maximum atomic E-state index is 12.9. The van der Waals surface area contributed by atoms with Crippen LogP contribution in [-0.4, -0.2) is 193 Å². The average molecular weight is 1820 g/mol. The van der Waals surface area contributed by atoms with Crippen LogP contribution >= 0.6 is 0 Å². The van der Waals surface area contributed by atoms with E-state index in [1.165, 1.54) is 218 Å². The Hall–Kier alpha value is -4.48. The summed E-state index contributed by atoms with van der Waals surface area (Å²) in [6.45, 7) is 25.2. The number of carboxylic acid groups (broad SMARTS) is 1. The monoisotopic (exact) mass is 1820 g/mol. The van der Waals surface area contributed by atoms with Crippen LogP contribution in [0.4, 0.5) is 0 Å². The number of carboxylic acids is 1. The van der Waals surface area contributed by atoms with Crippen molar-refractivity contribution in [2.75, 3.05) is 92.0 Å².